The van der Waals surface area contributed by atoms with Crippen molar-refractivity contribution in [1.82, 2.24) is 10.2 Å². The zero-order chi connectivity index (χ0) is 14.5. The number of ether oxygens (including phenoxy) is 1. The Hall–Kier alpha value is -0.900. The molecule has 1 fully saturated rings. The number of morpholine rings is 1. The third-order valence-corrected chi connectivity index (χ3v) is 3.95. The van der Waals surface area contributed by atoms with Crippen molar-refractivity contribution < 1.29 is 4.74 Å². The molecule has 1 saturated heterocycles. The number of hydrogen-bond donors (Lipinski definition) is 1. The summed E-state index contributed by atoms with van der Waals surface area (Å²) in [5.74, 6) is 0. The van der Waals surface area contributed by atoms with Crippen molar-refractivity contribution >= 4 is 0 Å². The van der Waals surface area contributed by atoms with Gasteiger partial charge in [-0.15, -0.1) is 0 Å². The molecule has 2 rings (SSSR count). The van der Waals surface area contributed by atoms with Crippen LogP contribution in [0, 0.1) is 6.92 Å². The molecule has 20 heavy (non-hydrogen) atoms. The van der Waals surface area contributed by atoms with E-state index < -0.39 is 0 Å². The average molecular weight is 276 g/mol. The van der Waals surface area contributed by atoms with Crippen molar-refractivity contribution in [3.8, 4) is 0 Å². The Balaban J connectivity index is 2.07. The molecular formula is C17H28N2O. The highest BCUT2D eigenvalue weighted by Gasteiger charge is 2.25. The molecule has 3 atom stereocenters. The Morgan fingerprint density at radius 2 is 1.90 bits per heavy atom. The molecule has 1 heterocycles. The number of aryl methyl sites for hydroxylation is 1. The van der Waals surface area contributed by atoms with Gasteiger partial charge in [0, 0.05) is 25.7 Å². The van der Waals surface area contributed by atoms with E-state index in [4.69, 9.17) is 4.74 Å². The summed E-state index contributed by atoms with van der Waals surface area (Å²) in [5.41, 5.74) is 2.79. The Morgan fingerprint density at radius 3 is 2.50 bits per heavy atom. The van der Waals surface area contributed by atoms with Gasteiger partial charge in [0.1, 0.15) is 0 Å². The van der Waals surface area contributed by atoms with E-state index in [-0.39, 0.29) is 0 Å². The van der Waals surface area contributed by atoms with Crippen LogP contribution in [0.1, 0.15) is 37.9 Å². The van der Waals surface area contributed by atoms with Crippen LogP contribution in [0.5, 0.6) is 0 Å². The van der Waals surface area contributed by atoms with Crippen LogP contribution in [0.25, 0.3) is 0 Å². The summed E-state index contributed by atoms with van der Waals surface area (Å²) >= 11 is 0. The fraction of sp³-hybridized carbons (Fsp3) is 0.647. The van der Waals surface area contributed by atoms with Crippen molar-refractivity contribution in [2.75, 3.05) is 26.2 Å². The first kappa shape index (κ1) is 15.5. The monoisotopic (exact) mass is 276 g/mol. The maximum Gasteiger partial charge on any atom is 0.0678 e. The molecular weight excluding hydrogens is 248 g/mol. The summed E-state index contributed by atoms with van der Waals surface area (Å²) in [4.78, 5) is 2.53. The zero-order valence-corrected chi connectivity index (χ0v) is 13.2. The Morgan fingerprint density at radius 1 is 1.25 bits per heavy atom. The van der Waals surface area contributed by atoms with Crippen LogP contribution in [-0.4, -0.2) is 43.3 Å². The summed E-state index contributed by atoms with van der Waals surface area (Å²) in [6, 6.07) is 9.09. The lowest BCUT2D eigenvalue weighted by atomic mass is 10.00. The van der Waals surface area contributed by atoms with Gasteiger partial charge in [0.25, 0.3) is 0 Å². The lowest BCUT2D eigenvalue weighted by Crippen LogP contribution is -2.48. The summed E-state index contributed by atoms with van der Waals surface area (Å²) in [7, 11) is 0. The third kappa shape index (κ3) is 4.05. The van der Waals surface area contributed by atoms with Crippen LogP contribution in [0.2, 0.25) is 0 Å². The van der Waals surface area contributed by atoms with Crippen molar-refractivity contribution in [2.45, 2.75) is 45.9 Å². The second-order valence-corrected chi connectivity index (χ2v) is 5.94. The van der Waals surface area contributed by atoms with Gasteiger partial charge >= 0.3 is 0 Å². The van der Waals surface area contributed by atoms with Gasteiger partial charge in [-0.05, 0) is 38.4 Å². The van der Waals surface area contributed by atoms with Gasteiger partial charge in [-0.25, -0.2) is 0 Å². The predicted octanol–water partition coefficient (Wildman–Crippen LogP) is 2.75. The number of nitrogens with one attached hydrogen (secondary N) is 1. The number of rotatable bonds is 5. The first-order chi connectivity index (χ1) is 9.60. The third-order valence-electron chi connectivity index (χ3n) is 3.95. The fourth-order valence-corrected chi connectivity index (χ4v) is 3.19. The van der Waals surface area contributed by atoms with E-state index in [0.29, 0.717) is 18.2 Å². The molecule has 112 valence electrons. The largest absolute Gasteiger partial charge is 0.373 e. The first-order valence-corrected chi connectivity index (χ1v) is 7.76. The summed E-state index contributed by atoms with van der Waals surface area (Å²) < 4.78 is 5.83. The summed E-state index contributed by atoms with van der Waals surface area (Å²) in [5, 5.41) is 3.63. The highest BCUT2D eigenvalue weighted by molar-refractivity contribution is 5.29. The number of nitrogens with zero attached hydrogens (tertiary/aromatic N) is 1. The highest BCUT2D eigenvalue weighted by Crippen LogP contribution is 2.20. The second-order valence-electron chi connectivity index (χ2n) is 5.94. The van der Waals surface area contributed by atoms with Crippen LogP contribution >= 0.6 is 0 Å². The molecule has 1 aromatic carbocycles. The molecule has 0 aliphatic carbocycles. The molecule has 0 saturated carbocycles. The topological polar surface area (TPSA) is 24.5 Å². The van der Waals surface area contributed by atoms with Crippen LogP contribution in [0.3, 0.4) is 0 Å². The molecule has 1 aromatic rings. The molecule has 3 unspecified atom stereocenters. The van der Waals surface area contributed by atoms with E-state index in [2.05, 4.69) is 62.2 Å². The lowest BCUT2D eigenvalue weighted by molar-refractivity contribution is -0.0699. The van der Waals surface area contributed by atoms with Gasteiger partial charge in [0.05, 0.1) is 12.2 Å². The minimum atomic E-state index is 0.331. The first-order valence-electron chi connectivity index (χ1n) is 7.76. The number of hydrogen-bond acceptors (Lipinski definition) is 3. The van der Waals surface area contributed by atoms with Crippen LogP contribution in [0.4, 0.5) is 0 Å². The van der Waals surface area contributed by atoms with Crippen molar-refractivity contribution in [3.63, 3.8) is 0 Å². The maximum atomic E-state index is 5.83. The van der Waals surface area contributed by atoms with Crippen molar-refractivity contribution in [2.24, 2.45) is 0 Å². The van der Waals surface area contributed by atoms with Crippen LogP contribution < -0.4 is 5.32 Å². The van der Waals surface area contributed by atoms with Gasteiger partial charge in [-0.1, -0.05) is 31.2 Å². The van der Waals surface area contributed by atoms with Crippen LogP contribution in [0.15, 0.2) is 24.3 Å². The maximum absolute atomic E-state index is 5.83. The molecule has 1 aliphatic heterocycles. The standard InChI is InChI=1S/C17H28N2O/c1-5-18-17(16-9-7-6-8-13(16)2)12-19-10-14(3)20-15(4)11-19/h6-9,14-15,17-18H,5,10-12H2,1-4H3. The predicted molar refractivity (Wildman–Crippen MR) is 84.0 cm³/mol. The van der Waals surface area contributed by atoms with Crippen LogP contribution in [-0.2, 0) is 4.74 Å². The van der Waals surface area contributed by atoms with E-state index in [0.717, 1.165) is 26.2 Å². The minimum absolute atomic E-state index is 0.331. The molecule has 3 heteroatoms. The van der Waals surface area contributed by atoms with Crippen molar-refractivity contribution in [1.29, 1.82) is 0 Å². The van der Waals surface area contributed by atoms with Gasteiger partial charge in [0.2, 0.25) is 0 Å². The Kier molecular flexibility index (Phi) is 5.58. The highest BCUT2D eigenvalue weighted by atomic mass is 16.5. The van der Waals surface area contributed by atoms with E-state index in [1.807, 2.05) is 0 Å². The molecule has 3 nitrogen and oxygen atoms in total. The Labute approximate surface area is 123 Å². The summed E-state index contributed by atoms with van der Waals surface area (Å²) in [6.07, 6.45) is 0.663. The average Bonchev–Trinajstić information content (AvgIpc) is 2.37. The lowest BCUT2D eigenvalue weighted by Gasteiger charge is -2.37. The quantitative estimate of drug-likeness (QED) is 0.895. The zero-order valence-electron chi connectivity index (χ0n) is 13.2. The smallest absolute Gasteiger partial charge is 0.0678 e. The molecule has 1 N–H and O–H groups in total. The van der Waals surface area contributed by atoms with Crippen molar-refractivity contribution in [3.05, 3.63) is 35.4 Å². The SMILES string of the molecule is CCNC(CN1CC(C)OC(C)C1)c1ccccc1C. The van der Waals surface area contributed by atoms with Gasteiger partial charge in [0.15, 0.2) is 0 Å². The van der Waals surface area contributed by atoms with E-state index in [9.17, 15) is 0 Å². The molecule has 0 radical (unpaired) electrons. The van der Waals surface area contributed by atoms with Gasteiger partial charge in [-0.3, -0.25) is 4.90 Å². The fourth-order valence-electron chi connectivity index (χ4n) is 3.19. The molecule has 1 aliphatic rings. The Bertz CT molecular complexity index is 411. The number of likely N-dealkylation sites (N-methyl/N-ethyl adjacent to an activating group) is 1. The molecule has 0 bridgehead atoms. The molecule has 0 amide bonds. The second kappa shape index (κ2) is 7.21. The number of benzene rings is 1. The molecule has 0 aromatic heterocycles. The van der Waals surface area contributed by atoms with E-state index in [1.54, 1.807) is 0 Å². The normalized spacial score (nSPS) is 25.6. The summed E-state index contributed by atoms with van der Waals surface area (Å²) in [6.45, 7) is 12.8. The molecule has 0 spiro atoms. The van der Waals surface area contributed by atoms with E-state index >= 15 is 0 Å². The van der Waals surface area contributed by atoms with E-state index in [1.165, 1.54) is 11.1 Å². The van der Waals surface area contributed by atoms with Gasteiger partial charge < -0.3 is 10.1 Å². The minimum Gasteiger partial charge on any atom is -0.373 e. The van der Waals surface area contributed by atoms with Gasteiger partial charge in [-0.2, -0.15) is 0 Å².